The molecule has 0 N–H and O–H groups in total. The minimum atomic E-state index is 0. The van der Waals surface area contributed by atoms with Crippen LogP contribution < -0.4 is 0 Å². The first kappa shape index (κ1) is 25.1. The molecule has 0 unspecified atom stereocenters. The number of benzene rings is 2. The molecule has 1 aliphatic heterocycles. The molecule has 3 heterocycles. The SMILES string of the molecule is Cl.Cn1c(SCCCN2CCc3ccc(C(=O)c4ccccc4)cc3C2)nnc1-c1cccnc1. The van der Waals surface area contributed by atoms with Crippen LogP contribution in [0.2, 0.25) is 0 Å². The molecule has 0 aliphatic carbocycles. The third-order valence-electron chi connectivity index (χ3n) is 6.20. The van der Waals surface area contributed by atoms with Crippen LogP contribution in [0.3, 0.4) is 0 Å². The molecule has 0 saturated heterocycles. The zero-order valence-corrected chi connectivity index (χ0v) is 21.3. The first-order valence-electron chi connectivity index (χ1n) is 11.6. The van der Waals surface area contributed by atoms with Crippen LogP contribution in [0.15, 0.2) is 78.2 Å². The minimum Gasteiger partial charge on any atom is -0.305 e. The van der Waals surface area contributed by atoms with Gasteiger partial charge in [-0.2, -0.15) is 0 Å². The molecule has 5 rings (SSSR count). The monoisotopic (exact) mass is 505 g/mol. The summed E-state index contributed by atoms with van der Waals surface area (Å²) in [7, 11) is 2.00. The van der Waals surface area contributed by atoms with E-state index in [1.165, 1.54) is 11.1 Å². The van der Waals surface area contributed by atoms with E-state index in [1.54, 1.807) is 18.0 Å². The molecule has 0 fully saturated rings. The maximum absolute atomic E-state index is 12.8. The van der Waals surface area contributed by atoms with Crippen LogP contribution in [-0.2, 0) is 20.0 Å². The number of pyridine rings is 1. The molecular weight excluding hydrogens is 478 g/mol. The molecule has 0 radical (unpaired) electrons. The van der Waals surface area contributed by atoms with E-state index < -0.39 is 0 Å². The molecule has 6 nitrogen and oxygen atoms in total. The van der Waals surface area contributed by atoms with E-state index in [4.69, 9.17) is 0 Å². The van der Waals surface area contributed by atoms with Crippen molar-refractivity contribution in [1.29, 1.82) is 0 Å². The standard InChI is InChI=1S/C27H27N5OS.ClH/c1-31-26(23-9-5-13-28-18-23)29-30-27(31)34-16-6-14-32-15-12-20-10-11-22(17-24(20)19-32)25(33)21-7-3-2-4-8-21;/h2-5,7-11,13,17-18H,6,12,14-16,19H2,1H3;1H. The summed E-state index contributed by atoms with van der Waals surface area (Å²) in [5.41, 5.74) is 5.12. The average molecular weight is 506 g/mol. The Morgan fingerprint density at radius 3 is 2.66 bits per heavy atom. The first-order chi connectivity index (χ1) is 16.7. The van der Waals surface area contributed by atoms with Crippen molar-refractivity contribution in [3.8, 4) is 11.4 Å². The summed E-state index contributed by atoms with van der Waals surface area (Å²) < 4.78 is 2.03. The molecule has 2 aromatic carbocycles. The molecule has 8 heteroatoms. The molecule has 0 saturated carbocycles. The van der Waals surface area contributed by atoms with Gasteiger partial charge < -0.3 is 4.57 Å². The number of carbonyl (C=O) groups excluding carboxylic acids is 1. The minimum absolute atomic E-state index is 0. The van der Waals surface area contributed by atoms with Crippen LogP contribution >= 0.6 is 24.2 Å². The highest BCUT2D eigenvalue weighted by Crippen LogP contribution is 2.24. The van der Waals surface area contributed by atoms with Gasteiger partial charge in [-0.05, 0) is 48.7 Å². The molecule has 0 atom stereocenters. The number of ketones is 1. The fraction of sp³-hybridized carbons (Fsp3) is 0.259. The third-order valence-corrected chi connectivity index (χ3v) is 7.31. The lowest BCUT2D eigenvalue weighted by Gasteiger charge is -2.29. The van der Waals surface area contributed by atoms with Crippen molar-refractivity contribution in [3.05, 3.63) is 95.3 Å². The van der Waals surface area contributed by atoms with Gasteiger partial charge >= 0.3 is 0 Å². The lowest BCUT2D eigenvalue weighted by atomic mass is 9.94. The van der Waals surface area contributed by atoms with Crippen molar-refractivity contribution in [3.63, 3.8) is 0 Å². The fourth-order valence-electron chi connectivity index (χ4n) is 4.34. The molecule has 4 aromatic rings. The van der Waals surface area contributed by atoms with Gasteiger partial charge in [0, 0.05) is 55.0 Å². The van der Waals surface area contributed by atoms with Crippen LogP contribution in [0.25, 0.3) is 11.4 Å². The predicted octanol–water partition coefficient (Wildman–Crippen LogP) is 5.07. The number of rotatable bonds is 8. The zero-order chi connectivity index (χ0) is 23.3. The maximum Gasteiger partial charge on any atom is 0.193 e. The van der Waals surface area contributed by atoms with E-state index in [-0.39, 0.29) is 18.2 Å². The third kappa shape index (κ3) is 5.81. The van der Waals surface area contributed by atoms with Gasteiger partial charge in [0.2, 0.25) is 0 Å². The van der Waals surface area contributed by atoms with E-state index in [0.29, 0.717) is 0 Å². The Hall–Kier alpha value is -3.00. The second-order valence-electron chi connectivity index (χ2n) is 8.51. The molecule has 0 amide bonds. The molecule has 35 heavy (non-hydrogen) atoms. The number of hydrogen-bond acceptors (Lipinski definition) is 6. The largest absolute Gasteiger partial charge is 0.305 e. The van der Waals surface area contributed by atoms with E-state index in [1.807, 2.05) is 66.3 Å². The van der Waals surface area contributed by atoms with Crippen LogP contribution in [0.4, 0.5) is 0 Å². The van der Waals surface area contributed by atoms with Crippen molar-refractivity contribution in [1.82, 2.24) is 24.6 Å². The lowest BCUT2D eigenvalue weighted by molar-refractivity contribution is 0.103. The van der Waals surface area contributed by atoms with Gasteiger partial charge in [0.05, 0.1) is 0 Å². The fourth-order valence-corrected chi connectivity index (χ4v) is 5.18. The summed E-state index contributed by atoms with van der Waals surface area (Å²) in [5, 5.41) is 9.62. The lowest BCUT2D eigenvalue weighted by Crippen LogP contribution is -2.31. The number of halogens is 1. The van der Waals surface area contributed by atoms with Crippen molar-refractivity contribution in [2.24, 2.45) is 7.05 Å². The summed E-state index contributed by atoms with van der Waals surface area (Å²) in [6.45, 7) is 2.97. The number of aromatic nitrogens is 4. The number of hydrogen-bond donors (Lipinski definition) is 0. The van der Waals surface area contributed by atoms with Gasteiger partial charge in [0.15, 0.2) is 16.8 Å². The molecule has 0 bridgehead atoms. The van der Waals surface area contributed by atoms with Crippen molar-refractivity contribution >= 4 is 30.0 Å². The van der Waals surface area contributed by atoms with Crippen molar-refractivity contribution in [2.75, 3.05) is 18.8 Å². The van der Waals surface area contributed by atoms with Crippen LogP contribution in [0.1, 0.15) is 33.5 Å². The van der Waals surface area contributed by atoms with E-state index in [2.05, 4.69) is 32.2 Å². The number of thioether (sulfide) groups is 1. The number of fused-ring (bicyclic) bond motifs is 1. The molecular formula is C27H28ClN5OS. The normalized spacial score (nSPS) is 13.2. The van der Waals surface area contributed by atoms with Crippen LogP contribution in [0.5, 0.6) is 0 Å². The summed E-state index contributed by atoms with van der Waals surface area (Å²) in [6.07, 6.45) is 5.67. The van der Waals surface area contributed by atoms with Gasteiger partial charge in [0.1, 0.15) is 0 Å². The van der Waals surface area contributed by atoms with Gasteiger partial charge in [-0.1, -0.05) is 54.2 Å². The van der Waals surface area contributed by atoms with E-state index in [9.17, 15) is 4.79 Å². The molecule has 2 aromatic heterocycles. The van der Waals surface area contributed by atoms with E-state index in [0.717, 1.165) is 65.9 Å². The highest BCUT2D eigenvalue weighted by molar-refractivity contribution is 7.99. The zero-order valence-electron chi connectivity index (χ0n) is 19.6. The summed E-state index contributed by atoms with van der Waals surface area (Å²) in [6, 6.07) is 19.6. The number of carbonyl (C=O) groups is 1. The Labute approximate surface area is 216 Å². The molecule has 1 aliphatic rings. The quantitative estimate of drug-likeness (QED) is 0.189. The van der Waals surface area contributed by atoms with Crippen molar-refractivity contribution in [2.45, 2.75) is 24.5 Å². The van der Waals surface area contributed by atoms with Crippen LogP contribution in [-0.4, -0.2) is 49.3 Å². The predicted molar refractivity (Wildman–Crippen MR) is 142 cm³/mol. The highest BCUT2D eigenvalue weighted by atomic mass is 35.5. The first-order valence-corrected chi connectivity index (χ1v) is 12.5. The Balaban J connectivity index is 0.00000289. The second kappa shape index (κ2) is 11.6. The maximum atomic E-state index is 12.8. The van der Waals surface area contributed by atoms with Gasteiger partial charge in [-0.3, -0.25) is 14.7 Å². The Morgan fingerprint density at radius 2 is 1.86 bits per heavy atom. The van der Waals surface area contributed by atoms with Gasteiger partial charge in [-0.15, -0.1) is 22.6 Å². The van der Waals surface area contributed by atoms with Crippen molar-refractivity contribution < 1.29 is 4.79 Å². The summed E-state index contributed by atoms with van der Waals surface area (Å²) in [4.78, 5) is 19.5. The van der Waals surface area contributed by atoms with E-state index >= 15 is 0 Å². The van der Waals surface area contributed by atoms with Gasteiger partial charge in [-0.25, -0.2) is 0 Å². The Kier molecular flexibility index (Phi) is 8.33. The Bertz CT molecular complexity index is 1280. The van der Waals surface area contributed by atoms with Gasteiger partial charge in [0.25, 0.3) is 0 Å². The molecule has 180 valence electrons. The second-order valence-corrected chi connectivity index (χ2v) is 9.58. The summed E-state index contributed by atoms with van der Waals surface area (Å²) >= 11 is 1.74. The summed E-state index contributed by atoms with van der Waals surface area (Å²) in [5.74, 6) is 1.91. The Morgan fingerprint density at radius 1 is 1.00 bits per heavy atom. The smallest absolute Gasteiger partial charge is 0.193 e. The number of nitrogens with zero attached hydrogens (tertiary/aromatic N) is 5. The highest BCUT2D eigenvalue weighted by Gasteiger charge is 2.19. The topological polar surface area (TPSA) is 63.9 Å². The molecule has 0 spiro atoms. The average Bonchev–Trinajstić information content (AvgIpc) is 3.26. The van der Waals surface area contributed by atoms with Crippen LogP contribution in [0, 0.1) is 0 Å².